The zero-order valence-electron chi connectivity index (χ0n) is 10.3. The summed E-state index contributed by atoms with van der Waals surface area (Å²) in [6.07, 6.45) is -4.43. The Morgan fingerprint density at radius 2 is 2.10 bits per heavy atom. The second-order valence-electron chi connectivity index (χ2n) is 4.07. The van der Waals surface area contributed by atoms with Gasteiger partial charge in [0, 0.05) is 5.69 Å². The third kappa shape index (κ3) is 3.41. The highest BCUT2D eigenvalue weighted by Gasteiger charge is 2.31. The number of hydrogen-bond donors (Lipinski definition) is 1. The maximum absolute atomic E-state index is 12.6. The first-order chi connectivity index (χ1) is 9.26. The lowest BCUT2D eigenvalue weighted by molar-refractivity contribution is -0.141. The third-order valence-electron chi connectivity index (χ3n) is 2.36. The van der Waals surface area contributed by atoms with Crippen molar-refractivity contribution in [3.8, 4) is 0 Å². The number of halogens is 3. The molecule has 108 valence electrons. The Balaban J connectivity index is 2.48. The number of thioether (sulfide) groups is 1. The zero-order valence-corrected chi connectivity index (χ0v) is 11.1. The van der Waals surface area contributed by atoms with Crippen LogP contribution in [0.2, 0.25) is 0 Å². The Morgan fingerprint density at radius 1 is 1.40 bits per heavy atom. The van der Waals surface area contributed by atoms with Gasteiger partial charge in [0.25, 0.3) is 0 Å². The monoisotopic (exact) mass is 305 g/mol. The second-order valence-corrected chi connectivity index (χ2v) is 5.02. The van der Waals surface area contributed by atoms with Gasteiger partial charge in [0.05, 0.1) is 5.75 Å². The van der Waals surface area contributed by atoms with E-state index in [9.17, 15) is 18.0 Å². The molecule has 5 nitrogen and oxygen atoms in total. The molecule has 0 saturated heterocycles. The first-order valence-electron chi connectivity index (χ1n) is 5.51. The normalized spacial score (nSPS) is 12.0. The lowest BCUT2D eigenvalue weighted by Gasteiger charge is -2.10. The van der Waals surface area contributed by atoms with Crippen LogP contribution >= 0.6 is 11.8 Å². The fraction of sp³-hybridized carbons (Fsp3) is 0.364. The van der Waals surface area contributed by atoms with E-state index in [1.165, 1.54) is 0 Å². The molecule has 20 heavy (non-hydrogen) atoms. The molecular weight excluding hydrogens is 295 g/mol. The van der Waals surface area contributed by atoms with Crippen molar-refractivity contribution in [2.75, 3.05) is 5.75 Å². The summed E-state index contributed by atoms with van der Waals surface area (Å²) in [7, 11) is 0. The van der Waals surface area contributed by atoms with E-state index in [1.54, 1.807) is 19.1 Å². The van der Waals surface area contributed by atoms with Crippen LogP contribution in [0.1, 0.15) is 5.69 Å². The van der Waals surface area contributed by atoms with Crippen LogP contribution in [0.3, 0.4) is 0 Å². The molecule has 0 fully saturated rings. The van der Waals surface area contributed by atoms with Crippen molar-refractivity contribution in [2.24, 2.45) is 0 Å². The minimum absolute atomic E-state index is 0.00201. The fourth-order valence-electron chi connectivity index (χ4n) is 1.63. The Hall–Kier alpha value is -1.77. The molecule has 0 atom stereocenters. The van der Waals surface area contributed by atoms with Crippen molar-refractivity contribution in [1.29, 1.82) is 0 Å². The number of rotatable bonds is 4. The molecule has 0 aromatic carbocycles. The maximum atomic E-state index is 12.6. The van der Waals surface area contributed by atoms with Gasteiger partial charge in [0.1, 0.15) is 12.1 Å². The zero-order chi connectivity index (χ0) is 14.9. The van der Waals surface area contributed by atoms with Gasteiger partial charge in [0.15, 0.2) is 10.8 Å². The third-order valence-corrected chi connectivity index (χ3v) is 3.32. The number of pyridine rings is 1. The van der Waals surface area contributed by atoms with Crippen LogP contribution in [-0.4, -0.2) is 37.5 Å². The molecule has 0 radical (unpaired) electrons. The molecule has 2 heterocycles. The Kier molecular flexibility index (Phi) is 3.89. The van der Waals surface area contributed by atoms with Crippen LogP contribution in [0.25, 0.3) is 11.2 Å². The van der Waals surface area contributed by atoms with Crippen molar-refractivity contribution in [2.45, 2.75) is 24.8 Å². The average Bonchev–Trinajstić information content (AvgIpc) is 2.63. The topological polar surface area (TPSA) is 68.0 Å². The number of alkyl halides is 3. The maximum Gasteiger partial charge on any atom is 0.406 e. The molecule has 2 aromatic heterocycles. The Morgan fingerprint density at radius 3 is 2.70 bits per heavy atom. The lowest BCUT2D eigenvalue weighted by Crippen LogP contribution is -2.19. The highest BCUT2D eigenvalue weighted by atomic mass is 32.2. The van der Waals surface area contributed by atoms with Crippen LogP contribution in [0, 0.1) is 6.92 Å². The van der Waals surface area contributed by atoms with E-state index < -0.39 is 18.7 Å². The molecule has 1 N–H and O–H groups in total. The molecule has 0 bridgehead atoms. The first kappa shape index (κ1) is 14.6. The van der Waals surface area contributed by atoms with Crippen LogP contribution in [-0.2, 0) is 11.3 Å². The number of imidazole rings is 1. The predicted octanol–water partition coefficient (Wildman–Crippen LogP) is 2.48. The van der Waals surface area contributed by atoms with Crippen LogP contribution in [0.15, 0.2) is 17.3 Å². The number of carboxylic acid groups (broad SMARTS) is 1. The quantitative estimate of drug-likeness (QED) is 0.879. The molecule has 2 rings (SSSR count). The number of carboxylic acids is 1. The number of hydrogen-bond acceptors (Lipinski definition) is 4. The number of nitrogens with zero attached hydrogens (tertiary/aromatic N) is 3. The Bertz CT molecular complexity index is 654. The van der Waals surface area contributed by atoms with Gasteiger partial charge in [-0.05, 0) is 19.1 Å². The van der Waals surface area contributed by atoms with Crippen LogP contribution < -0.4 is 0 Å². The Labute approximate surface area is 115 Å². The standard InChI is InChI=1S/C11H10F3N3O2S/c1-6-2-3-7-9(15-6)17(5-11(12,13)14)10(16-7)20-4-8(18)19/h2-3H,4-5H2,1H3,(H,18,19). The molecule has 9 heteroatoms. The minimum Gasteiger partial charge on any atom is -0.481 e. The number of aryl methyl sites for hydroxylation is 1. The molecule has 0 saturated carbocycles. The molecule has 0 unspecified atom stereocenters. The SMILES string of the molecule is Cc1ccc2nc(SCC(=O)O)n(CC(F)(F)F)c2n1. The van der Waals surface area contributed by atoms with Gasteiger partial charge in [-0.2, -0.15) is 13.2 Å². The van der Waals surface area contributed by atoms with Gasteiger partial charge < -0.3 is 5.11 Å². The van der Waals surface area contributed by atoms with Crippen molar-refractivity contribution in [3.05, 3.63) is 17.8 Å². The van der Waals surface area contributed by atoms with Gasteiger partial charge in [-0.15, -0.1) is 0 Å². The highest BCUT2D eigenvalue weighted by Crippen LogP contribution is 2.27. The summed E-state index contributed by atoms with van der Waals surface area (Å²) < 4.78 is 38.8. The summed E-state index contributed by atoms with van der Waals surface area (Å²) in [5.74, 6) is -1.48. The average molecular weight is 305 g/mol. The van der Waals surface area contributed by atoms with E-state index in [4.69, 9.17) is 5.11 Å². The fourth-order valence-corrected chi connectivity index (χ4v) is 2.36. The number of fused-ring (bicyclic) bond motifs is 1. The van der Waals surface area contributed by atoms with Gasteiger partial charge in [-0.1, -0.05) is 11.8 Å². The number of aromatic nitrogens is 3. The number of aliphatic carboxylic acids is 1. The smallest absolute Gasteiger partial charge is 0.406 e. The second kappa shape index (κ2) is 5.31. The van der Waals surface area contributed by atoms with Gasteiger partial charge >= 0.3 is 12.1 Å². The summed E-state index contributed by atoms with van der Waals surface area (Å²) in [6.45, 7) is 0.413. The van der Waals surface area contributed by atoms with Gasteiger partial charge in [-0.3, -0.25) is 9.36 Å². The van der Waals surface area contributed by atoms with E-state index in [0.717, 1.165) is 16.3 Å². The molecule has 0 spiro atoms. The number of carbonyl (C=O) groups is 1. The van der Waals surface area contributed by atoms with Crippen LogP contribution in [0.4, 0.5) is 13.2 Å². The highest BCUT2D eigenvalue weighted by molar-refractivity contribution is 7.99. The molecule has 0 amide bonds. The van der Waals surface area contributed by atoms with E-state index in [1.807, 2.05) is 0 Å². The predicted molar refractivity (Wildman–Crippen MR) is 66.7 cm³/mol. The van der Waals surface area contributed by atoms with Crippen molar-refractivity contribution in [1.82, 2.24) is 14.5 Å². The first-order valence-corrected chi connectivity index (χ1v) is 6.50. The summed E-state index contributed by atoms with van der Waals surface area (Å²) in [4.78, 5) is 18.6. The molecule has 0 aliphatic heterocycles. The summed E-state index contributed by atoms with van der Waals surface area (Å²) >= 11 is 0.740. The van der Waals surface area contributed by atoms with E-state index >= 15 is 0 Å². The summed E-state index contributed by atoms with van der Waals surface area (Å²) in [5.41, 5.74) is 0.985. The van der Waals surface area contributed by atoms with Crippen molar-refractivity contribution < 1.29 is 23.1 Å². The van der Waals surface area contributed by atoms with Gasteiger partial charge in [0.2, 0.25) is 0 Å². The minimum atomic E-state index is -4.43. The molecule has 0 aliphatic carbocycles. The summed E-state index contributed by atoms with van der Waals surface area (Å²) in [5, 5.41) is 8.62. The molecule has 0 aliphatic rings. The van der Waals surface area contributed by atoms with Crippen molar-refractivity contribution in [3.63, 3.8) is 0 Å². The van der Waals surface area contributed by atoms with Crippen LogP contribution in [0.5, 0.6) is 0 Å². The largest absolute Gasteiger partial charge is 0.481 e. The molecular formula is C11H10F3N3O2S. The van der Waals surface area contributed by atoms with Crippen molar-refractivity contribution >= 4 is 28.9 Å². The van der Waals surface area contributed by atoms with E-state index in [-0.39, 0.29) is 16.6 Å². The van der Waals surface area contributed by atoms with E-state index in [0.29, 0.717) is 11.2 Å². The lowest BCUT2D eigenvalue weighted by atomic mass is 10.3. The molecule has 2 aromatic rings. The van der Waals surface area contributed by atoms with E-state index in [2.05, 4.69) is 9.97 Å². The summed E-state index contributed by atoms with van der Waals surface area (Å²) in [6, 6.07) is 3.20. The van der Waals surface area contributed by atoms with Gasteiger partial charge in [-0.25, -0.2) is 9.97 Å².